The third kappa shape index (κ3) is 6.25. The van der Waals surface area contributed by atoms with E-state index in [-0.39, 0.29) is 31.4 Å². The fraction of sp³-hybridized carbons (Fsp3) is 0.257. The van der Waals surface area contributed by atoms with Gasteiger partial charge in [-0.1, -0.05) is 23.2 Å². The van der Waals surface area contributed by atoms with E-state index in [0.29, 0.717) is 50.5 Å². The number of pyridine rings is 1. The average molecular weight is 664 g/mol. The van der Waals surface area contributed by atoms with Crippen molar-refractivity contribution in [3.05, 3.63) is 117 Å². The number of benzene rings is 3. The minimum absolute atomic E-state index is 0.186. The number of halogens is 2. The summed E-state index contributed by atoms with van der Waals surface area (Å²) in [6.07, 6.45) is 3.38. The number of hydrogen-bond acceptors (Lipinski definition) is 5. The molecule has 0 aliphatic carbocycles. The second-order valence-corrected chi connectivity index (χ2v) is 12.0. The number of carbonyl (C=O) groups is 3. The molecule has 4 aromatic rings. The molecule has 1 N–H and O–H groups in total. The standard InChI is InChI=1S/C35H33Cl2N3O6/c1-5-39(19-22-7-6-14-38(18-22)21-32(41)42)33(43)23-9-12-29(37)27(15-23)35(2)28-16-25(36)10-13-30(28)40(34(35)44)20-24-8-11-26(45-3)17-31(24)46-4/h6-18H,5,19-21H2,1-4H3/p+1. The van der Waals surface area contributed by atoms with Gasteiger partial charge in [-0.3, -0.25) is 9.59 Å². The van der Waals surface area contributed by atoms with E-state index in [4.69, 9.17) is 37.8 Å². The van der Waals surface area contributed by atoms with Crippen molar-refractivity contribution in [3.63, 3.8) is 0 Å². The Morgan fingerprint density at radius 3 is 2.48 bits per heavy atom. The molecular weight excluding hydrogens is 629 g/mol. The maximum atomic E-state index is 14.5. The predicted molar refractivity (Wildman–Crippen MR) is 175 cm³/mol. The first-order chi connectivity index (χ1) is 22.0. The summed E-state index contributed by atoms with van der Waals surface area (Å²) in [5.74, 6) is -0.235. The number of anilines is 1. The number of carboxylic acid groups (broad SMARTS) is 1. The van der Waals surface area contributed by atoms with Crippen molar-refractivity contribution in [1.29, 1.82) is 0 Å². The second kappa shape index (κ2) is 13.4. The molecule has 5 rings (SSSR count). The van der Waals surface area contributed by atoms with E-state index in [9.17, 15) is 14.4 Å². The second-order valence-electron chi connectivity index (χ2n) is 11.1. The number of ether oxygens (including phenoxy) is 2. The van der Waals surface area contributed by atoms with Crippen LogP contribution in [0, 0.1) is 0 Å². The Balaban J connectivity index is 1.51. The molecule has 1 aliphatic heterocycles. The van der Waals surface area contributed by atoms with E-state index in [2.05, 4.69) is 0 Å². The van der Waals surface area contributed by atoms with Crippen LogP contribution in [0.2, 0.25) is 10.0 Å². The first-order valence-corrected chi connectivity index (χ1v) is 15.4. The highest BCUT2D eigenvalue weighted by Crippen LogP contribution is 2.49. The van der Waals surface area contributed by atoms with E-state index in [0.717, 1.165) is 11.1 Å². The molecule has 238 valence electrons. The summed E-state index contributed by atoms with van der Waals surface area (Å²) in [6, 6.07) is 19.3. The summed E-state index contributed by atoms with van der Waals surface area (Å²) in [5, 5.41) is 9.97. The number of nitrogens with zero attached hydrogens (tertiary/aromatic N) is 3. The number of aliphatic carboxylic acids is 1. The molecular formula is C35H34Cl2N3O6+. The van der Waals surface area contributed by atoms with Crippen LogP contribution in [0.4, 0.5) is 5.69 Å². The normalized spacial score (nSPS) is 15.4. The van der Waals surface area contributed by atoms with Crippen LogP contribution in [0.1, 0.15) is 46.5 Å². The molecule has 1 unspecified atom stereocenters. The number of hydrogen-bond donors (Lipinski definition) is 1. The van der Waals surface area contributed by atoms with Crippen LogP contribution in [-0.4, -0.2) is 48.6 Å². The summed E-state index contributed by atoms with van der Waals surface area (Å²) < 4.78 is 12.5. The van der Waals surface area contributed by atoms with Crippen LogP contribution in [0.25, 0.3) is 0 Å². The first-order valence-electron chi connectivity index (χ1n) is 14.6. The molecule has 0 fully saturated rings. The van der Waals surface area contributed by atoms with Gasteiger partial charge < -0.3 is 24.4 Å². The Morgan fingerprint density at radius 1 is 1.00 bits per heavy atom. The molecule has 2 heterocycles. The van der Waals surface area contributed by atoms with Crippen LogP contribution in [0.15, 0.2) is 79.1 Å². The topological polar surface area (TPSA) is 100 Å². The number of carbonyl (C=O) groups excluding carboxylic acids is 2. The summed E-state index contributed by atoms with van der Waals surface area (Å²) in [6.45, 7) is 4.36. The highest BCUT2D eigenvalue weighted by Gasteiger charge is 2.50. The Hall–Kier alpha value is -4.60. The lowest BCUT2D eigenvalue weighted by Crippen LogP contribution is -2.39. The zero-order chi connectivity index (χ0) is 33.2. The highest BCUT2D eigenvalue weighted by atomic mass is 35.5. The number of methoxy groups -OCH3 is 2. The number of fused-ring (bicyclic) bond motifs is 1. The lowest BCUT2D eigenvalue weighted by atomic mass is 9.76. The van der Waals surface area contributed by atoms with Gasteiger partial charge in [-0.25, -0.2) is 4.79 Å². The Kier molecular flexibility index (Phi) is 9.55. The number of rotatable bonds is 11. The molecule has 3 aromatic carbocycles. The lowest BCUT2D eigenvalue weighted by Gasteiger charge is -2.28. The zero-order valence-corrected chi connectivity index (χ0v) is 27.4. The Labute approximate surface area is 277 Å². The smallest absolute Gasteiger partial charge is 0.370 e. The van der Waals surface area contributed by atoms with Crippen molar-refractivity contribution in [3.8, 4) is 11.5 Å². The molecule has 0 radical (unpaired) electrons. The summed E-state index contributed by atoms with van der Waals surface area (Å²) in [5.41, 5.74) is 2.49. The predicted octanol–water partition coefficient (Wildman–Crippen LogP) is 5.90. The first kappa shape index (κ1) is 32.8. The monoisotopic (exact) mass is 662 g/mol. The largest absolute Gasteiger partial charge is 0.497 e. The van der Waals surface area contributed by atoms with Gasteiger partial charge in [0.2, 0.25) is 12.5 Å². The van der Waals surface area contributed by atoms with Crippen molar-refractivity contribution in [2.45, 2.75) is 38.9 Å². The summed E-state index contributed by atoms with van der Waals surface area (Å²) in [4.78, 5) is 42.9. The molecule has 1 aromatic heterocycles. The number of amides is 2. The van der Waals surface area contributed by atoms with Gasteiger partial charge in [-0.2, -0.15) is 4.57 Å². The lowest BCUT2D eigenvalue weighted by molar-refractivity contribution is -0.686. The summed E-state index contributed by atoms with van der Waals surface area (Å²) >= 11 is 13.3. The Bertz CT molecular complexity index is 1830. The highest BCUT2D eigenvalue weighted by molar-refractivity contribution is 6.33. The maximum Gasteiger partial charge on any atom is 0.370 e. The van der Waals surface area contributed by atoms with Crippen molar-refractivity contribution in [2.75, 3.05) is 25.7 Å². The van der Waals surface area contributed by atoms with Crippen molar-refractivity contribution in [2.24, 2.45) is 0 Å². The van der Waals surface area contributed by atoms with E-state index >= 15 is 0 Å². The molecule has 1 atom stereocenters. The minimum atomic E-state index is -1.26. The molecule has 0 bridgehead atoms. The number of carboxylic acids is 1. The van der Waals surface area contributed by atoms with Crippen LogP contribution >= 0.6 is 23.2 Å². The maximum absolute atomic E-state index is 14.5. The third-order valence-corrected chi connectivity index (χ3v) is 8.88. The molecule has 2 amide bonds. The van der Waals surface area contributed by atoms with Gasteiger partial charge in [-0.15, -0.1) is 0 Å². The van der Waals surface area contributed by atoms with Gasteiger partial charge in [0.25, 0.3) is 5.91 Å². The fourth-order valence-corrected chi connectivity index (χ4v) is 6.38. The van der Waals surface area contributed by atoms with E-state index in [1.807, 2.05) is 31.2 Å². The molecule has 0 spiro atoms. The van der Waals surface area contributed by atoms with Crippen LogP contribution in [0.3, 0.4) is 0 Å². The van der Waals surface area contributed by atoms with Gasteiger partial charge in [0.05, 0.1) is 27.3 Å². The Morgan fingerprint density at radius 2 is 1.78 bits per heavy atom. The van der Waals surface area contributed by atoms with Crippen LogP contribution < -0.4 is 18.9 Å². The van der Waals surface area contributed by atoms with Crippen molar-refractivity contribution >= 4 is 46.7 Å². The van der Waals surface area contributed by atoms with Crippen molar-refractivity contribution < 1.29 is 33.5 Å². The molecule has 1 aliphatic rings. The van der Waals surface area contributed by atoms with Crippen LogP contribution in [0.5, 0.6) is 11.5 Å². The third-order valence-electron chi connectivity index (χ3n) is 8.32. The van der Waals surface area contributed by atoms with Crippen molar-refractivity contribution in [1.82, 2.24) is 4.90 Å². The van der Waals surface area contributed by atoms with E-state index < -0.39 is 11.4 Å². The van der Waals surface area contributed by atoms with E-state index in [1.165, 1.54) is 0 Å². The summed E-state index contributed by atoms with van der Waals surface area (Å²) in [7, 11) is 3.14. The molecule has 0 saturated carbocycles. The molecule has 0 saturated heterocycles. The van der Waals surface area contributed by atoms with Gasteiger partial charge in [0, 0.05) is 51.1 Å². The van der Waals surface area contributed by atoms with Crippen LogP contribution in [-0.2, 0) is 34.6 Å². The quantitative estimate of drug-likeness (QED) is 0.201. The SMILES string of the molecule is CCN(Cc1ccc[n+](CC(=O)O)c1)C(=O)c1ccc(Cl)c(C2(C)C(=O)N(Cc3ccc(OC)cc3OC)c3ccc(Cl)cc32)c1. The minimum Gasteiger partial charge on any atom is -0.497 e. The fourth-order valence-electron chi connectivity index (χ4n) is 5.90. The zero-order valence-electron chi connectivity index (χ0n) is 25.9. The number of aromatic nitrogens is 1. The van der Waals surface area contributed by atoms with Gasteiger partial charge >= 0.3 is 5.97 Å². The molecule has 46 heavy (non-hydrogen) atoms. The molecule has 11 heteroatoms. The van der Waals surface area contributed by atoms with Gasteiger partial charge in [0.1, 0.15) is 16.9 Å². The van der Waals surface area contributed by atoms with Gasteiger partial charge in [0.15, 0.2) is 12.4 Å². The van der Waals surface area contributed by atoms with Gasteiger partial charge in [-0.05, 0) is 79.6 Å². The van der Waals surface area contributed by atoms with E-state index in [1.54, 1.807) is 90.4 Å². The molecule has 9 nitrogen and oxygen atoms in total. The average Bonchev–Trinajstić information content (AvgIpc) is 3.25.